The zero-order chi connectivity index (χ0) is 24.9. The molecule has 2 saturated carbocycles. The van der Waals surface area contributed by atoms with Gasteiger partial charge in [-0.1, -0.05) is 45.4 Å². The van der Waals surface area contributed by atoms with E-state index >= 15 is 0 Å². The molecule has 0 radical (unpaired) electrons. The van der Waals surface area contributed by atoms with Crippen molar-refractivity contribution in [2.75, 3.05) is 6.61 Å². The number of fused-ring (bicyclic) bond motifs is 1. The van der Waals surface area contributed by atoms with Crippen molar-refractivity contribution in [3.8, 4) is 5.75 Å². The lowest BCUT2D eigenvalue weighted by molar-refractivity contribution is 0.105. The number of benzene rings is 1. The molecule has 0 aliphatic heterocycles. The summed E-state index contributed by atoms with van der Waals surface area (Å²) in [5.41, 5.74) is 1.61. The third-order valence-corrected chi connectivity index (χ3v) is 8.05. The molecule has 0 spiro atoms. The average molecular weight is 493 g/mol. The lowest BCUT2D eigenvalue weighted by Crippen LogP contribution is -2.39. The number of tetrazole rings is 1. The molecule has 5 rings (SSSR count). The maximum absolute atomic E-state index is 13.2. The summed E-state index contributed by atoms with van der Waals surface area (Å²) in [4.78, 5) is 18.9. The minimum absolute atomic E-state index is 0.0169. The van der Waals surface area contributed by atoms with Crippen LogP contribution in [0.3, 0.4) is 0 Å². The van der Waals surface area contributed by atoms with Crippen LogP contribution in [0.4, 0.5) is 0 Å². The first-order chi connectivity index (χ1) is 17.7. The standard InChI is InChI=1S/C28H40N6O2/c1-3-10-26(27-30-31-32-34(27)23-13-6-5-7-14-23)33(22-11-8-9-12-22)19-21-17-20-18-24(36-4-2)15-16-25(20)29-28(21)35/h15-18,22-23,26H,3-14,19H2,1-2H3,(H,29,35)/t26-/m1/s1. The molecule has 0 amide bonds. The molecule has 194 valence electrons. The molecular formula is C28H40N6O2. The van der Waals surface area contributed by atoms with Crippen LogP contribution in [0.1, 0.15) is 108 Å². The highest BCUT2D eigenvalue weighted by Gasteiger charge is 2.34. The van der Waals surface area contributed by atoms with Gasteiger partial charge in [-0.05, 0) is 73.7 Å². The third kappa shape index (κ3) is 5.33. The summed E-state index contributed by atoms with van der Waals surface area (Å²) >= 11 is 0. The number of aromatic nitrogens is 5. The number of aromatic amines is 1. The number of nitrogens with zero attached hydrogens (tertiary/aromatic N) is 5. The lowest BCUT2D eigenvalue weighted by Gasteiger charge is -2.36. The fraction of sp³-hybridized carbons (Fsp3) is 0.643. The van der Waals surface area contributed by atoms with Gasteiger partial charge in [0.1, 0.15) is 5.75 Å². The second-order valence-corrected chi connectivity index (χ2v) is 10.5. The summed E-state index contributed by atoms with van der Waals surface area (Å²) in [6, 6.07) is 8.82. The Morgan fingerprint density at radius 2 is 1.86 bits per heavy atom. The summed E-state index contributed by atoms with van der Waals surface area (Å²) < 4.78 is 7.83. The number of pyridine rings is 1. The van der Waals surface area contributed by atoms with Crippen molar-refractivity contribution >= 4 is 10.9 Å². The third-order valence-electron chi connectivity index (χ3n) is 8.05. The highest BCUT2D eigenvalue weighted by molar-refractivity contribution is 5.80. The van der Waals surface area contributed by atoms with Gasteiger partial charge in [0.15, 0.2) is 5.82 Å². The maximum Gasteiger partial charge on any atom is 0.252 e. The smallest absolute Gasteiger partial charge is 0.252 e. The number of rotatable bonds is 10. The van der Waals surface area contributed by atoms with Crippen LogP contribution in [0.25, 0.3) is 10.9 Å². The van der Waals surface area contributed by atoms with E-state index in [4.69, 9.17) is 4.74 Å². The highest BCUT2D eigenvalue weighted by atomic mass is 16.5. The van der Waals surface area contributed by atoms with E-state index in [-0.39, 0.29) is 11.6 Å². The fourth-order valence-electron chi connectivity index (χ4n) is 6.25. The number of hydrogen-bond donors (Lipinski definition) is 1. The Bertz CT molecular complexity index is 1190. The molecule has 2 aliphatic carbocycles. The maximum atomic E-state index is 13.2. The number of hydrogen-bond acceptors (Lipinski definition) is 6. The van der Waals surface area contributed by atoms with Crippen molar-refractivity contribution in [2.24, 2.45) is 0 Å². The van der Waals surface area contributed by atoms with Gasteiger partial charge in [0.25, 0.3) is 5.56 Å². The topological polar surface area (TPSA) is 88.9 Å². The highest BCUT2D eigenvalue weighted by Crippen LogP contribution is 2.37. The predicted octanol–water partition coefficient (Wildman–Crippen LogP) is 5.70. The molecule has 2 fully saturated rings. The van der Waals surface area contributed by atoms with E-state index in [0.29, 0.717) is 25.2 Å². The van der Waals surface area contributed by atoms with Crippen molar-refractivity contribution in [1.29, 1.82) is 0 Å². The quantitative estimate of drug-likeness (QED) is 0.390. The zero-order valence-corrected chi connectivity index (χ0v) is 21.8. The van der Waals surface area contributed by atoms with Gasteiger partial charge in [-0.3, -0.25) is 9.69 Å². The van der Waals surface area contributed by atoms with Crippen LogP contribution < -0.4 is 10.3 Å². The molecule has 0 bridgehead atoms. The molecule has 0 saturated heterocycles. The van der Waals surface area contributed by atoms with Crippen LogP contribution in [0.2, 0.25) is 0 Å². The molecule has 3 aromatic rings. The van der Waals surface area contributed by atoms with Gasteiger partial charge >= 0.3 is 0 Å². The molecule has 0 unspecified atom stereocenters. The van der Waals surface area contributed by atoms with Gasteiger partial charge in [0.2, 0.25) is 0 Å². The normalized spacial score (nSPS) is 18.3. The molecule has 1 atom stereocenters. The Labute approximate surface area is 213 Å². The summed E-state index contributed by atoms with van der Waals surface area (Å²) in [6.07, 6.45) is 12.9. The molecule has 1 N–H and O–H groups in total. The van der Waals surface area contributed by atoms with Crippen LogP contribution in [0, 0.1) is 0 Å². The van der Waals surface area contributed by atoms with E-state index in [0.717, 1.165) is 66.6 Å². The number of H-pyrrole nitrogens is 1. The molecular weight excluding hydrogens is 452 g/mol. The summed E-state index contributed by atoms with van der Waals surface area (Å²) in [5.74, 6) is 1.80. The molecule has 36 heavy (non-hydrogen) atoms. The van der Waals surface area contributed by atoms with Crippen molar-refractivity contribution in [1.82, 2.24) is 30.1 Å². The van der Waals surface area contributed by atoms with Crippen LogP contribution in [0.15, 0.2) is 29.1 Å². The monoisotopic (exact) mass is 492 g/mol. The Hall–Kier alpha value is -2.74. The predicted molar refractivity (Wildman–Crippen MR) is 141 cm³/mol. The molecule has 2 aromatic heterocycles. The Kier molecular flexibility index (Phi) is 7.99. The van der Waals surface area contributed by atoms with Crippen molar-refractivity contribution in [3.63, 3.8) is 0 Å². The minimum atomic E-state index is -0.0169. The van der Waals surface area contributed by atoms with E-state index in [9.17, 15) is 4.79 Å². The number of ether oxygens (including phenoxy) is 1. The van der Waals surface area contributed by atoms with E-state index < -0.39 is 0 Å². The zero-order valence-electron chi connectivity index (χ0n) is 21.8. The van der Waals surface area contributed by atoms with Gasteiger partial charge in [0.05, 0.1) is 18.7 Å². The van der Waals surface area contributed by atoms with Gasteiger partial charge in [-0.25, -0.2) is 4.68 Å². The Morgan fingerprint density at radius 3 is 2.61 bits per heavy atom. The van der Waals surface area contributed by atoms with Crippen molar-refractivity contribution in [3.05, 3.63) is 46.0 Å². The molecule has 2 heterocycles. The van der Waals surface area contributed by atoms with E-state index in [1.807, 2.05) is 31.2 Å². The Balaban J connectivity index is 1.51. The second kappa shape index (κ2) is 11.5. The summed E-state index contributed by atoms with van der Waals surface area (Å²) in [5, 5.41) is 14.3. The largest absolute Gasteiger partial charge is 0.494 e. The lowest BCUT2D eigenvalue weighted by atomic mass is 9.95. The minimum Gasteiger partial charge on any atom is -0.494 e. The van der Waals surface area contributed by atoms with Crippen molar-refractivity contribution < 1.29 is 4.74 Å². The average Bonchev–Trinajstić information content (AvgIpc) is 3.60. The molecule has 1 aromatic carbocycles. The summed E-state index contributed by atoms with van der Waals surface area (Å²) in [6.45, 7) is 5.42. The van der Waals surface area contributed by atoms with Crippen molar-refractivity contribution in [2.45, 2.75) is 109 Å². The first-order valence-electron chi connectivity index (χ1n) is 14.0. The van der Waals surface area contributed by atoms with Crippen LogP contribution in [0.5, 0.6) is 5.75 Å². The SMILES string of the molecule is CCC[C@H](c1nnnn1C1CCCCC1)N(Cc1cc2cc(OCC)ccc2[nH]c1=O)C1CCCC1. The summed E-state index contributed by atoms with van der Waals surface area (Å²) in [7, 11) is 0. The molecule has 2 aliphatic rings. The Morgan fingerprint density at radius 1 is 1.08 bits per heavy atom. The van der Waals surface area contributed by atoms with Gasteiger partial charge in [-0.15, -0.1) is 5.10 Å². The van der Waals surface area contributed by atoms with Crippen LogP contribution in [-0.4, -0.2) is 42.7 Å². The van der Waals surface area contributed by atoms with Crippen LogP contribution in [-0.2, 0) is 6.54 Å². The first-order valence-corrected chi connectivity index (χ1v) is 14.0. The molecule has 8 nitrogen and oxygen atoms in total. The van der Waals surface area contributed by atoms with E-state index in [1.54, 1.807) is 0 Å². The van der Waals surface area contributed by atoms with E-state index in [1.165, 1.54) is 32.1 Å². The molecule has 8 heteroatoms. The van der Waals surface area contributed by atoms with Gasteiger partial charge in [-0.2, -0.15) is 0 Å². The fourth-order valence-corrected chi connectivity index (χ4v) is 6.25. The second-order valence-electron chi connectivity index (χ2n) is 10.5. The van der Waals surface area contributed by atoms with E-state index in [2.05, 4.69) is 37.0 Å². The van der Waals surface area contributed by atoms with Crippen LogP contribution >= 0.6 is 0 Å². The van der Waals surface area contributed by atoms with Gasteiger partial charge < -0.3 is 9.72 Å². The number of nitrogens with one attached hydrogen (secondary N) is 1. The van der Waals surface area contributed by atoms with Gasteiger partial charge in [0, 0.05) is 29.1 Å². The first kappa shape index (κ1) is 24.9.